The van der Waals surface area contributed by atoms with Crippen LogP contribution in [0.15, 0.2) is 59.7 Å². The van der Waals surface area contributed by atoms with E-state index in [1.807, 2.05) is 61.5 Å². The van der Waals surface area contributed by atoms with E-state index in [1.165, 1.54) is 0 Å². The second kappa shape index (κ2) is 8.29. The van der Waals surface area contributed by atoms with Crippen molar-refractivity contribution in [3.05, 3.63) is 60.2 Å². The fourth-order valence-corrected chi connectivity index (χ4v) is 2.82. The van der Waals surface area contributed by atoms with Crippen molar-refractivity contribution in [2.75, 3.05) is 18.1 Å². The standard InChI is InChI=1S/C20H21N3O3/c1-2-26-18-10-8-15(9-11-18)13-21-22-20(25)16-12-19(24)23(14-16)17-6-4-3-5-7-17/h3-11,13,16H,2,12,14H2,1H3,(H,22,25)/b21-13-/t16-/m0/s1. The highest BCUT2D eigenvalue weighted by atomic mass is 16.5. The normalized spacial score (nSPS) is 16.9. The van der Waals surface area contributed by atoms with Crippen LogP contribution in [0, 0.1) is 5.92 Å². The molecule has 0 radical (unpaired) electrons. The molecule has 0 saturated carbocycles. The Labute approximate surface area is 152 Å². The van der Waals surface area contributed by atoms with Crippen molar-refractivity contribution < 1.29 is 14.3 Å². The number of hydrogen-bond acceptors (Lipinski definition) is 4. The molecule has 2 aromatic carbocycles. The number of benzene rings is 2. The van der Waals surface area contributed by atoms with E-state index in [9.17, 15) is 9.59 Å². The van der Waals surface area contributed by atoms with Gasteiger partial charge in [-0.15, -0.1) is 0 Å². The average Bonchev–Trinajstić information content (AvgIpc) is 3.06. The summed E-state index contributed by atoms with van der Waals surface area (Å²) in [5.74, 6) is 0.0881. The number of amides is 2. The fourth-order valence-electron chi connectivity index (χ4n) is 2.82. The fraction of sp³-hybridized carbons (Fsp3) is 0.250. The van der Waals surface area contributed by atoms with Crippen molar-refractivity contribution in [1.82, 2.24) is 5.43 Å². The summed E-state index contributed by atoms with van der Waals surface area (Å²) in [7, 11) is 0. The van der Waals surface area contributed by atoms with Gasteiger partial charge in [-0.25, -0.2) is 5.43 Å². The number of anilines is 1. The molecule has 134 valence electrons. The molecule has 0 spiro atoms. The first-order valence-corrected chi connectivity index (χ1v) is 8.58. The van der Waals surface area contributed by atoms with Gasteiger partial charge in [0, 0.05) is 18.7 Å². The Hall–Kier alpha value is -3.15. The minimum absolute atomic E-state index is 0.0492. The van der Waals surface area contributed by atoms with Crippen LogP contribution in [-0.4, -0.2) is 31.2 Å². The molecule has 0 unspecified atom stereocenters. The summed E-state index contributed by atoms with van der Waals surface area (Å²) in [5.41, 5.74) is 4.19. The SMILES string of the molecule is CCOc1ccc(/C=N\NC(=O)[C@H]2CC(=O)N(c3ccccc3)C2)cc1. The van der Waals surface area contributed by atoms with Crippen molar-refractivity contribution in [3.8, 4) is 5.75 Å². The molecule has 2 aromatic rings. The van der Waals surface area contributed by atoms with E-state index in [-0.39, 0.29) is 18.2 Å². The van der Waals surface area contributed by atoms with Crippen LogP contribution < -0.4 is 15.1 Å². The van der Waals surface area contributed by atoms with Crippen molar-refractivity contribution in [2.45, 2.75) is 13.3 Å². The molecule has 2 amide bonds. The zero-order valence-corrected chi connectivity index (χ0v) is 14.6. The average molecular weight is 351 g/mol. The Morgan fingerprint density at radius 3 is 2.65 bits per heavy atom. The van der Waals surface area contributed by atoms with Gasteiger partial charge in [-0.05, 0) is 48.9 Å². The molecule has 1 heterocycles. The van der Waals surface area contributed by atoms with E-state index in [4.69, 9.17) is 4.74 Å². The summed E-state index contributed by atoms with van der Waals surface area (Å²) >= 11 is 0. The van der Waals surface area contributed by atoms with Gasteiger partial charge in [0.1, 0.15) is 5.75 Å². The van der Waals surface area contributed by atoms with E-state index in [0.29, 0.717) is 13.2 Å². The largest absolute Gasteiger partial charge is 0.494 e. The second-order valence-corrected chi connectivity index (χ2v) is 5.98. The van der Waals surface area contributed by atoms with Crippen molar-refractivity contribution >= 4 is 23.7 Å². The quantitative estimate of drug-likeness (QED) is 0.642. The predicted octanol–water partition coefficient (Wildman–Crippen LogP) is 2.59. The number of para-hydroxylation sites is 1. The first-order valence-electron chi connectivity index (χ1n) is 8.58. The van der Waals surface area contributed by atoms with E-state index >= 15 is 0 Å². The third-order valence-electron chi connectivity index (χ3n) is 4.14. The van der Waals surface area contributed by atoms with Crippen LogP contribution in [0.1, 0.15) is 18.9 Å². The molecule has 1 N–H and O–H groups in total. The molecular formula is C20H21N3O3. The molecule has 1 fully saturated rings. The van der Waals surface area contributed by atoms with Gasteiger partial charge >= 0.3 is 0 Å². The third kappa shape index (κ3) is 4.27. The molecule has 0 aliphatic carbocycles. The van der Waals surface area contributed by atoms with E-state index in [1.54, 1.807) is 11.1 Å². The number of carbonyl (C=O) groups is 2. The summed E-state index contributed by atoms with van der Waals surface area (Å²) in [6, 6.07) is 16.8. The molecule has 1 aliphatic heterocycles. The molecule has 3 rings (SSSR count). The maximum atomic E-state index is 12.3. The highest BCUT2D eigenvalue weighted by Gasteiger charge is 2.34. The van der Waals surface area contributed by atoms with Crippen molar-refractivity contribution in [3.63, 3.8) is 0 Å². The summed E-state index contributed by atoms with van der Waals surface area (Å²) < 4.78 is 5.38. The van der Waals surface area contributed by atoms with Crippen LogP contribution >= 0.6 is 0 Å². The zero-order valence-electron chi connectivity index (χ0n) is 14.6. The summed E-state index contributed by atoms with van der Waals surface area (Å²) in [6.07, 6.45) is 1.76. The lowest BCUT2D eigenvalue weighted by Gasteiger charge is -2.16. The first kappa shape index (κ1) is 17.7. The molecule has 26 heavy (non-hydrogen) atoms. The lowest BCUT2D eigenvalue weighted by Crippen LogP contribution is -2.30. The summed E-state index contributed by atoms with van der Waals surface area (Å²) in [6.45, 7) is 2.91. The molecular weight excluding hydrogens is 330 g/mol. The molecule has 1 atom stereocenters. The van der Waals surface area contributed by atoms with Gasteiger partial charge in [-0.2, -0.15) is 5.10 Å². The van der Waals surface area contributed by atoms with E-state index in [0.717, 1.165) is 17.0 Å². The minimum atomic E-state index is -0.403. The zero-order chi connectivity index (χ0) is 18.4. The molecule has 0 bridgehead atoms. The van der Waals surface area contributed by atoms with Gasteiger partial charge in [0.2, 0.25) is 11.8 Å². The van der Waals surface area contributed by atoms with Gasteiger partial charge < -0.3 is 9.64 Å². The number of hydrazone groups is 1. The lowest BCUT2D eigenvalue weighted by molar-refractivity contribution is -0.126. The highest BCUT2D eigenvalue weighted by Crippen LogP contribution is 2.24. The number of carbonyl (C=O) groups excluding carboxylic acids is 2. The number of nitrogens with zero attached hydrogens (tertiary/aromatic N) is 2. The Balaban J connectivity index is 1.54. The van der Waals surface area contributed by atoms with Crippen LogP contribution in [0.3, 0.4) is 0 Å². The number of nitrogens with one attached hydrogen (secondary N) is 1. The van der Waals surface area contributed by atoms with Gasteiger partial charge in [0.05, 0.1) is 18.7 Å². The van der Waals surface area contributed by atoms with Gasteiger partial charge in [-0.1, -0.05) is 18.2 Å². The Bertz CT molecular complexity index is 788. The molecule has 0 aromatic heterocycles. The maximum absolute atomic E-state index is 12.3. The number of hydrogen-bond donors (Lipinski definition) is 1. The first-order chi connectivity index (χ1) is 12.7. The van der Waals surface area contributed by atoms with Crippen molar-refractivity contribution in [2.24, 2.45) is 11.0 Å². The van der Waals surface area contributed by atoms with E-state index in [2.05, 4.69) is 10.5 Å². The number of rotatable bonds is 6. The lowest BCUT2D eigenvalue weighted by atomic mass is 10.1. The monoisotopic (exact) mass is 351 g/mol. The van der Waals surface area contributed by atoms with Gasteiger partial charge in [0.15, 0.2) is 0 Å². The Kier molecular flexibility index (Phi) is 5.63. The molecule has 1 saturated heterocycles. The smallest absolute Gasteiger partial charge is 0.245 e. The molecule has 1 aliphatic rings. The Morgan fingerprint density at radius 1 is 1.23 bits per heavy atom. The third-order valence-corrected chi connectivity index (χ3v) is 4.14. The van der Waals surface area contributed by atoms with Crippen LogP contribution in [0.4, 0.5) is 5.69 Å². The number of ether oxygens (including phenoxy) is 1. The van der Waals surface area contributed by atoms with Gasteiger partial charge in [-0.3, -0.25) is 9.59 Å². The maximum Gasteiger partial charge on any atom is 0.245 e. The molecule has 6 nitrogen and oxygen atoms in total. The van der Waals surface area contributed by atoms with Crippen LogP contribution in [0.2, 0.25) is 0 Å². The summed E-state index contributed by atoms with van der Waals surface area (Å²) in [4.78, 5) is 26.1. The van der Waals surface area contributed by atoms with Crippen molar-refractivity contribution in [1.29, 1.82) is 0 Å². The highest BCUT2D eigenvalue weighted by molar-refractivity contribution is 6.00. The molecule has 6 heteroatoms. The van der Waals surface area contributed by atoms with Crippen LogP contribution in [0.25, 0.3) is 0 Å². The van der Waals surface area contributed by atoms with Crippen LogP contribution in [0.5, 0.6) is 5.75 Å². The van der Waals surface area contributed by atoms with Gasteiger partial charge in [0.25, 0.3) is 0 Å². The van der Waals surface area contributed by atoms with E-state index < -0.39 is 5.92 Å². The predicted molar refractivity (Wildman–Crippen MR) is 100 cm³/mol. The topological polar surface area (TPSA) is 71.0 Å². The van der Waals surface area contributed by atoms with Crippen LogP contribution in [-0.2, 0) is 9.59 Å². The minimum Gasteiger partial charge on any atom is -0.494 e. The summed E-state index contributed by atoms with van der Waals surface area (Å²) in [5, 5.41) is 3.99. The second-order valence-electron chi connectivity index (χ2n) is 5.98. The Morgan fingerprint density at radius 2 is 1.96 bits per heavy atom.